The number of carbonyl (C=O) groups is 1. The molecule has 2 aromatic rings. The van der Waals surface area contributed by atoms with Gasteiger partial charge in [-0.1, -0.05) is 42.0 Å². The molecule has 3 nitrogen and oxygen atoms in total. The largest absolute Gasteiger partial charge is 0.489 e. The zero-order chi connectivity index (χ0) is 15.4. The van der Waals surface area contributed by atoms with Gasteiger partial charge in [-0.2, -0.15) is 0 Å². The fraction of sp³-hybridized carbons (Fsp3) is 0.278. The number of hydrogen-bond acceptors (Lipinski definition) is 2. The average Bonchev–Trinajstić information content (AvgIpc) is 2.46. The Morgan fingerprint density at radius 1 is 1.14 bits per heavy atom. The highest BCUT2D eigenvalue weighted by atomic mass is 16.5. The van der Waals surface area contributed by atoms with Crippen LogP contribution in [-0.2, 0) is 11.4 Å². The highest BCUT2D eigenvalue weighted by Crippen LogP contribution is 2.21. The molecule has 0 spiro atoms. The summed E-state index contributed by atoms with van der Waals surface area (Å²) < 4.78 is 5.81. The zero-order valence-corrected chi connectivity index (χ0v) is 12.6. The van der Waals surface area contributed by atoms with E-state index in [-0.39, 0.29) is 0 Å². The quantitative estimate of drug-likeness (QED) is 0.900. The second-order valence-electron chi connectivity index (χ2n) is 5.36. The molecule has 0 bridgehead atoms. The maximum absolute atomic E-state index is 10.9. The summed E-state index contributed by atoms with van der Waals surface area (Å²) in [7, 11) is 0. The standard InChI is InChI=1S/C18H20O3/c1-12-4-9-17(13(2)10-12)21-11-15-5-7-16(8-6-15)14(3)18(19)20/h4-10,14H,11H2,1-3H3,(H,19,20). The molecular weight excluding hydrogens is 264 g/mol. The molecule has 0 fully saturated rings. The second-order valence-corrected chi connectivity index (χ2v) is 5.36. The van der Waals surface area contributed by atoms with E-state index in [2.05, 4.69) is 13.0 Å². The van der Waals surface area contributed by atoms with Gasteiger partial charge in [0.05, 0.1) is 5.92 Å². The van der Waals surface area contributed by atoms with Crippen LogP contribution in [0.5, 0.6) is 5.75 Å². The molecule has 0 saturated heterocycles. The van der Waals surface area contributed by atoms with E-state index in [1.165, 1.54) is 5.56 Å². The third kappa shape index (κ3) is 3.85. The molecule has 21 heavy (non-hydrogen) atoms. The topological polar surface area (TPSA) is 46.5 Å². The van der Waals surface area contributed by atoms with Crippen LogP contribution in [0.1, 0.15) is 35.1 Å². The van der Waals surface area contributed by atoms with E-state index in [0.717, 1.165) is 22.4 Å². The molecule has 1 unspecified atom stereocenters. The van der Waals surface area contributed by atoms with Crippen LogP contribution in [0.15, 0.2) is 42.5 Å². The lowest BCUT2D eigenvalue weighted by Crippen LogP contribution is -2.07. The van der Waals surface area contributed by atoms with E-state index in [1.807, 2.05) is 43.3 Å². The molecule has 2 aromatic carbocycles. The molecule has 0 aliphatic carbocycles. The van der Waals surface area contributed by atoms with Crippen molar-refractivity contribution >= 4 is 5.97 Å². The number of hydrogen-bond donors (Lipinski definition) is 1. The molecule has 3 heteroatoms. The van der Waals surface area contributed by atoms with Crippen LogP contribution in [-0.4, -0.2) is 11.1 Å². The van der Waals surface area contributed by atoms with E-state index in [0.29, 0.717) is 6.61 Å². The monoisotopic (exact) mass is 284 g/mol. The zero-order valence-electron chi connectivity index (χ0n) is 12.6. The normalized spacial score (nSPS) is 12.0. The first-order valence-electron chi connectivity index (χ1n) is 6.99. The number of carboxylic acid groups (broad SMARTS) is 1. The van der Waals surface area contributed by atoms with Gasteiger partial charge in [0.15, 0.2) is 0 Å². The number of benzene rings is 2. The number of aliphatic carboxylic acids is 1. The predicted octanol–water partition coefficient (Wildman–Crippen LogP) is 4.07. The molecule has 0 amide bonds. The lowest BCUT2D eigenvalue weighted by molar-refractivity contribution is -0.138. The summed E-state index contributed by atoms with van der Waals surface area (Å²) in [5.41, 5.74) is 4.16. The molecular formula is C18H20O3. The van der Waals surface area contributed by atoms with Crippen molar-refractivity contribution in [2.75, 3.05) is 0 Å². The van der Waals surface area contributed by atoms with Crippen molar-refractivity contribution in [1.29, 1.82) is 0 Å². The van der Waals surface area contributed by atoms with Gasteiger partial charge in [0.1, 0.15) is 12.4 Å². The molecule has 0 aliphatic heterocycles. The van der Waals surface area contributed by atoms with Crippen molar-refractivity contribution in [3.63, 3.8) is 0 Å². The first-order valence-corrected chi connectivity index (χ1v) is 6.99. The number of rotatable bonds is 5. The Morgan fingerprint density at radius 3 is 2.38 bits per heavy atom. The van der Waals surface area contributed by atoms with Crippen LogP contribution in [0.4, 0.5) is 0 Å². The van der Waals surface area contributed by atoms with Crippen molar-refractivity contribution in [1.82, 2.24) is 0 Å². The number of aryl methyl sites for hydroxylation is 2. The lowest BCUT2D eigenvalue weighted by atomic mass is 10.0. The van der Waals surface area contributed by atoms with Crippen LogP contribution in [0.2, 0.25) is 0 Å². The molecule has 110 valence electrons. The third-order valence-corrected chi connectivity index (χ3v) is 3.57. The molecule has 0 radical (unpaired) electrons. The molecule has 0 heterocycles. The second kappa shape index (κ2) is 6.44. The summed E-state index contributed by atoms with van der Waals surface area (Å²) in [5, 5.41) is 8.98. The SMILES string of the molecule is Cc1ccc(OCc2ccc(C(C)C(=O)O)cc2)c(C)c1. The van der Waals surface area contributed by atoms with E-state index in [1.54, 1.807) is 6.92 Å². The minimum absolute atomic E-state index is 0.478. The fourth-order valence-electron chi connectivity index (χ4n) is 2.17. The molecule has 1 N–H and O–H groups in total. The van der Waals surface area contributed by atoms with Crippen molar-refractivity contribution in [3.8, 4) is 5.75 Å². The molecule has 0 saturated carbocycles. The smallest absolute Gasteiger partial charge is 0.310 e. The predicted molar refractivity (Wildman–Crippen MR) is 82.7 cm³/mol. The van der Waals surface area contributed by atoms with E-state index in [9.17, 15) is 4.79 Å². The van der Waals surface area contributed by atoms with Gasteiger partial charge < -0.3 is 9.84 Å². The summed E-state index contributed by atoms with van der Waals surface area (Å²) in [4.78, 5) is 10.9. The number of ether oxygens (including phenoxy) is 1. The molecule has 0 aromatic heterocycles. The van der Waals surface area contributed by atoms with E-state index >= 15 is 0 Å². The Balaban J connectivity index is 2.02. The summed E-state index contributed by atoms with van der Waals surface area (Å²) in [6, 6.07) is 13.6. The minimum atomic E-state index is -0.811. The van der Waals surface area contributed by atoms with Gasteiger partial charge in [-0.15, -0.1) is 0 Å². The van der Waals surface area contributed by atoms with Gasteiger partial charge in [0, 0.05) is 0 Å². The first kappa shape index (κ1) is 15.1. The van der Waals surface area contributed by atoms with Crippen LogP contribution in [0.25, 0.3) is 0 Å². The molecule has 0 aliphatic rings. The summed E-state index contributed by atoms with van der Waals surface area (Å²) in [6.07, 6.45) is 0. The Labute approximate surface area is 125 Å². The van der Waals surface area contributed by atoms with Gasteiger partial charge >= 0.3 is 5.97 Å². The summed E-state index contributed by atoms with van der Waals surface area (Å²) in [5.74, 6) is -0.419. The Morgan fingerprint density at radius 2 is 1.81 bits per heavy atom. The van der Waals surface area contributed by atoms with Crippen LogP contribution in [0, 0.1) is 13.8 Å². The van der Waals surface area contributed by atoms with Crippen molar-refractivity contribution < 1.29 is 14.6 Å². The fourth-order valence-corrected chi connectivity index (χ4v) is 2.17. The first-order chi connectivity index (χ1) is 9.97. The van der Waals surface area contributed by atoms with Crippen LogP contribution < -0.4 is 4.74 Å². The van der Waals surface area contributed by atoms with Crippen LogP contribution >= 0.6 is 0 Å². The van der Waals surface area contributed by atoms with Crippen molar-refractivity contribution in [2.24, 2.45) is 0 Å². The maximum Gasteiger partial charge on any atom is 0.310 e. The average molecular weight is 284 g/mol. The van der Waals surface area contributed by atoms with Gasteiger partial charge in [-0.05, 0) is 43.5 Å². The minimum Gasteiger partial charge on any atom is -0.489 e. The molecule has 2 rings (SSSR count). The van der Waals surface area contributed by atoms with Crippen molar-refractivity contribution in [3.05, 3.63) is 64.7 Å². The van der Waals surface area contributed by atoms with E-state index in [4.69, 9.17) is 9.84 Å². The molecule has 1 atom stereocenters. The third-order valence-electron chi connectivity index (χ3n) is 3.57. The van der Waals surface area contributed by atoms with Gasteiger partial charge in [-0.25, -0.2) is 0 Å². The van der Waals surface area contributed by atoms with Gasteiger partial charge in [-0.3, -0.25) is 4.79 Å². The van der Waals surface area contributed by atoms with Gasteiger partial charge in [0.2, 0.25) is 0 Å². The number of carboxylic acids is 1. The Hall–Kier alpha value is -2.29. The Kier molecular flexibility index (Phi) is 4.63. The van der Waals surface area contributed by atoms with Crippen LogP contribution in [0.3, 0.4) is 0 Å². The highest BCUT2D eigenvalue weighted by molar-refractivity contribution is 5.75. The van der Waals surface area contributed by atoms with Gasteiger partial charge in [0.25, 0.3) is 0 Å². The summed E-state index contributed by atoms with van der Waals surface area (Å²) >= 11 is 0. The lowest BCUT2D eigenvalue weighted by Gasteiger charge is -2.11. The summed E-state index contributed by atoms with van der Waals surface area (Å²) in [6.45, 7) is 6.24. The van der Waals surface area contributed by atoms with E-state index < -0.39 is 11.9 Å². The highest BCUT2D eigenvalue weighted by Gasteiger charge is 2.13. The Bertz CT molecular complexity index is 629. The van der Waals surface area contributed by atoms with Crippen molar-refractivity contribution in [2.45, 2.75) is 33.3 Å². The maximum atomic E-state index is 10.9.